The molecule has 19 heavy (non-hydrogen) atoms. The molecule has 0 fully saturated rings. The molecule has 2 heterocycles. The molecule has 0 amide bonds. The average molecular weight is 255 g/mol. The van der Waals surface area contributed by atoms with E-state index in [-0.39, 0.29) is 0 Å². The molecule has 4 nitrogen and oxygen atoms in total. The van der Waals surface area contributed by atoms with Crippen molar-refractivity contribution in [1.82, 2.24) is 14.9 Å². The average Bonchev–Trinajstić information content (AvgIpc) is 2.93. The zero-order valence-corrected chi connectivity index (χ0v) is 11.4. The number of benzene rings is 1. The minimum absolute atomic E-state index is 0.747. The van der Waals surface area contributed by atoms with Crippen LogP contribution in [0.5, 0.6) is 0 Å². The van der Waals surface area contributed by atoms with Gasteiger partial charge < -0.3 is 14.3 Å². The number of hydrogen-bond donors (Lipinski definition) is 1. The van der Waals surface area contributed by atoms with Crippen LogP contribution in [0, 0.1) is 6.92 Å². The standard InChI is InChI=1S/C15H17N3O/c1-10-17-13(8-16-2)15(18(10)3)12-9-19-14-7-5-4-6-11(12)14/h4-7,9,16H,8H2,1-3H3. The van der Waals surface area contributed by atoms with Gasteiger partial charge in [-0.25, -0.2) is 4.98 Å². The Balaban J connectivity index is 2.26. The molecule has 0 atom stereocenters. The highest BCUT2D eigenvalue weighted by molar-refractivity contribution is 5.93. The summed E-state index contributed by atoms with van der Waals surface area (Å²) < 4.78 is 7.75. The monoisotopic (exact) mass is 255 g/mol. The van der Waals surface area contributed by atoms with Crippen LogP contribution in [0.2, 0.25) is 0 Å². The van der Waals surface area contributed by atoms with Crippen molar-refractivity contribution in [2.24, 2.45) is 7.05 Å². The third-order valence-electron chi connectivity index (χ3n) is 3.47. The lowest BCUT2D eigenvalue weighted by molar-refractivity contribution is 0.616. The van der Waals surface area contributed by atoms with Crippen LogP contribution in [0.25, 0.3) is 22.2 Å². The summed E-state index contributed by atoms with van der Waals surface area (Å²) >= 11 is 0. The lowest BCUT2D eigenvalue weighted by Crippen LogP contribution is -2.07. The summed E-state index contributed by atoms with van der Waals surface area (Å²) in [6.45, 7) is 2.77. The highest BCUT2D eigenvalue weighted by Crippen LogP contribution is 2.32. The van der Waals surface area contributed by atoms with Gasteiger partial charge in [-0.15, -0.1) is 0 Å². The van der Waals surface area contributed by atoms with E-state index in [0.717, 1.165) is 40.3 Å². The van der Waals surface area contributed by atoms with Crippen LogP contribution in [0.15, 0.2) is 34.9 Å². The first kappa shape index (κ1) is 12.0. The van der Waals surface area contributed by atoms with Gasteiger partial charge in [0.25, 0.3) is 0 Å². The number of para-hydroxylation sites is 1. The van der Waals surface area contributed by atoms with E-state index in [4.69, 9.17) is 4.42 Å². The fraction of sp³-hybridized carbons (Fsp3) is 0.267. The van der Waals surface area contributed by atoms with E-state index in [2.05, 4.69) is 20.9 Å². The molecule has 0 saturated heterocycles. The van der Waals surface area contributed by atoms with Gasteiger partial charge in [-0.3, -0.25) is 0 Å². The third kappa shape index (κ3) is 1.85. The molecule has 2 aromatic heterocycles. The normalized spacial score (nSPS) is 11.3. The van der Waals surface area contributed by atoms with Crippen LogP contribution >= 0.6 is 0 Å². The first-order chi connectivity index (χ1) is 9.22. The molecule has 0 radical (unpaired) electrons. The van der Waals surface area contributed by atoms with E-state index in [1.54, 1.807) is 0 Å². The number of hydrogen-bond acceptors (Lipinski definition) is 3. The molecule has 1 aromatic carbocycles. The number of aromatic nitrogens is 2. The Kier molecular flexibility index (Phi) is 2.87. The fourth-order valence-electron chi connectivity index (χ4n) is 2.47. The van der Waals surface area contributed by atoms with Crippen LogP contribution < -0.4 is 5.32 Å². The molecule has 0 aliphatic carbocycles. The van der Waals surface area contributed by atoms with Crippen LogP contribution in [0.4, 0.5) is 0 Å². The van der Waals surface area contributed by atoms with E-state index in [1.165, 1.54) is 0 Å². The van der Waals surface area contributed by atoms with Gasteiger partial charge in [0.15, 0.2) is 0 Å². The van der Waals surface area contributed by atoms with Gasteiger partial charge >= 0.3 is 0 Å². The second-order valence-corrected chi connectivity index (χ2v) is 4.69. The summed E-state index contributed by atoms with van der Waals surface area (Å²) in [6.07, 6.45) is 1.82. The molecule has 0 aliphatic heterocycles. The van der Waals surface area contributed by atoms with Gasteiger partial charge in [-0.1, -0.05) is 18.2 Å². The van der Waals surface area contributed by atoms with E-state index in [1.807, 2.05) is 45.5 Å². The van der Waals surface area contributed by atoms with Gasteiger partial charge in [0, 0.05) is 24.5 Å². The molecule has 0 saturated carbocycles. The van der Waals surface area contributed by atoms with Crippen molar-refractivity contribution in [2.45, 2.75) is 13.5 Å². The zero-order chi connectivity index (χ0) is 13.4. The maximum Gasteiger partial charge on any atom is 0.134 e. The number of nitrogens with zero attached hydrogens (tertiary/aromatic N) is 2. The SMILES string of the molecule is CNCc1nc(C)n(C)c1-c1coc2ccccc12. The molecule has 3 rings (SSSR count). The summed E-state index contributed by atoms with van der Waals surface area (Å²) in [4.78, 5) is 4.62. The van der Waals surface area contributed by atoms with E-state index >= 15 is 0 Å². The molecule has 0 bridgehead atoms. The summed E-state index contributed by atoms with van der Waals surface area (Å²) in [5.41, 5.74) is 4.18. The number of rotatable bonds is 3. The summed E-state index contributed by atoms with van der Waals surface area (Å²) in [7, 11) is 3.97. The second kappa shape index (κ2) is 4.55. The van der Waals surface area contributed by atoms with E-state index in [9.17, 15) is 0 Å². The van der Waals surface area contributed by atoms with Gasteiger partial charge in [-0.05, 0) is 20.0 Å². The minimum Gasteiger partial charge on any atom is -0.464 e. The lowest BCUT2D eigenvalue weighted by Gasteiger charge is -2.04. The van der Waals surface area contributed by atoms with Crippen LogP contribution in [0.3, 0.4) is 0 Å². The first-order valence-electron chi connectivity index (χ1n) is 6.35. The van der Waals surface area contributed by atoms with E-state index < -0.39 is 0 Å². The quantitative estimate of drug-likeness (QED) is 0.782. The van der Waals surface area contributed by atoms with Crippen LogP contribution in [-0.4, -0.2) is 16.6 Å². The zero-order valence-electron chi connectivity index (χ0n) is 11.4. The Morgan fingerprint density at radius 1 is 1.32 bits per heavy atom. The Morgan fingerprint density at radius 2 is 2.11 bits per heavy atom. The molecule has 0 aliphatic rings. The highest BCUT2D eigenvalue weighted by Gasteiger charge is 2.17. The number of fused-ring (bicyclic) bond motifs is 1. The van der Waals surface area contributed by atoms with Crippen molar-refractivity contribution in [1.29, 1.82) is 0 Å². The summed E-state index contributed by atoms with van der Waals surface area (Å²) in [5, 5.41) is 4.30. The van der Waals surface area contributed by atoms with Gasteiger partial charge in [0.2, 0.25) is 0 Å². The van der Waals surface area contributed by atoms with Gasteiger partial charge in [0.05, 0.1) is 11.4 Å². The summed E-state index contributed by atoms with van der Waals surface area (Å²) in [6, 6.07) is 8.08. The second-order valence-electron chi connectivity index (χ2n) is 4.69. The minimum atomic E-state index is 0.747. The lowest BCUT2D eigenvalue weighted by atomic mass is 10.1. The number of furan rings is 1. The first-order valence-corrected chi connectivity index (χ1v) is 6.35. The van der Waals surface area contributed by atoms with Gasteiger partial charge in [0.1, 0.15) is 17.7 Å². The largest absolute Gasteiger partial charge is 0.464 e. The van der Waals surface area contributed by atoms with E-state index in [0.29, 0.717) is 0 Å². The predicted octanol–water partition coefficient (Wildman–Crippen LogP) is 2.86. The smallest absolute Gasteiger partial charge is 0.134 e. The maximum atomic E-state index is 5.64. The highest BCUT2D eigenvalue weighted by atomic mass is 16.3. The Labute approximate surface area is 112 Å². The summed E-state index contributed by atoms with van der Waals surface area (Å²) in [5.74, 6) is 1.01. The van der Waals surface area contributed by atoms with Crippen molar-refractivity contribution >= 4 is 11.0 Å². The number of aryl methyl sites for hydroxylation is 1. The van der Waals surface area contributed by atoms with Crippen molar-refractivity contribution in [2.75, 3.05) is 7.05 Å². The molecule has 3 aromatic rings. The van der Waals surface area contributed by atoms with Gasteiger partial charge in [-0.2, -0.15) is 0 Å². The maximum absolute atomic E-state index is 5.64. The molecular weight excluding hydrogens is 238 g/mol. The molecule has 98 valence electrons. The van der Waals surface area contributed by atoms with Crippen molar-refractivity contribution in [3.05, 3.63) is 42.0 Å². The Morgan fingerprint density at radius 3 is 2.89 bits per heavy atom. The van der Waals surface area contributed by atoms with Crippen molar-refractivity contribution < 1.29 is 4.42 Å². The Bertz CT molecular complexity index is 724. The number of nitrogens with one attached hydrogen (secondary N) is 1. The molecule has 1 N–H and O–H groups in total. The van der Waals surface area contributed by atoms with Crippen LogP contribution in [0.1, 0.15) is 11.5 Å². The van der Waals surface area contributed by atoms with Crippen LogP contribution in [-0.2, 0) is 13.6 Å². The Hall–Kier alpha value is -2.07. The molecule has 0 spiro atoms. The molecular formula is C15H17N3O. The van der Waals surface area contributed by atoms with Crippen molar-refractivity contribution in [3.8, 4) is 11.3 Å². The van der Waals surface area contributed by atoms with Crippen molar-refractivity contribution in [3.63, 3.8) is 0 Å². The number of imidazole rings is 1. The third-order valence-corrected chi connectivity index (χ3v) is 3.47. The fourth-order valence-corrected chi connectivity index (χ4v) is 2.47. The molecule has 4 heteroatoms. The molecule has 0 unspecified atom stereocenters. The topological polar surface area (TPSA) is 43.0 Å². The predicted molar refractivity (Wildman–Crippen MR) is 75.9 cm³/mol.